The molecule has 0 saturated carbocycles. The van der Waals surface area contributed by atoms with Gasteiger partial charge in [-0.3, -0.25) is 29.4 Å². The first-order valence-electron chi connectivity index (χ1n) is 8.27. The van der Waals surface area contributed by atoms with Gasteiger partial charge in [0.25, 0.3) is 17.5 Å². The Labute approximate surface area is 158 Å². The highest BCUT2D eigenvalue weighted by Gasteiger charge is 2.36. The van der Waals surface area contributed by atoms with Crippen molar-refractivity contribution in [1.29, 1.82) is 0 Å². The van der Waals surface area contributed by atoms with Crippen LogP contribution in [0.1, 0.15) is 42.4 Å². The van der Waals surface area contributed by atoms with Gasteiger partial charge in [0.15, 0.2) is 5.78 Å². The largest absolute Gasteiger partial charge is 0.467 e. The molecule has 8 heteroatoms. The Hall–Kier alpha value is -4.07. The van der Waals surface area contributed by atoms with E-state index in [0.717, 1.165) is 4.90 Å². The standard InChI is InChI=1S/C20H12N2O6/c23-18(12-3-1-4-14(9-12)22(26)27)13-6-7-16-17(10-13)20(25)21(19(16)24)11-15-5-2-8-28-15/h1-10H,11H2. The quantitative estimate of drug-likeness (QED) is 0.293. The van der Waals surface area contributed by atoms with Crippen LogP contribution in [-0.2, 0) is 6.54 Å². The van der Waals surface area contributed by atoms with Crippen LogP contribution in [0.2, 0.25) is 0 Å². The highest BCUT2D eigenvalue weighted by Crippen LogP contribution is 2.27. The van der Waals surface area contributed by atoms with Crippen LogP contribution in [0.5, 0.6) is 0 Å². The molecule has 0 unspecified atom stereocenters. The second-order valence-corrected chi connectivity index (χ2v) is 6.17. The third-order valence-corrected chi connectivity index (χ3v) is 4.45. The number of nitrogens with zero attached hydrogens (tertiary/aromatic N) is 2. The van der Waals surface area contributed by atoms with Crippen molar-refractivity contribution in [1.82, 2.24) is 4.90 Å². The average Bonchev–Trinajstić information content (AvgIpc) is 3.30. The number of nitro benzene ring substituents is 1. The third kappa shape index (κ3) is 2.86. The van der Waals surface area contributed by atoms with Gasteiger partial charge in [0.1, 0.15) is 5.76 Å². The Morgan fingerprint density at radius 1 is 0.964 bits per heavy atom. The average molecular weight is 376 g/mol. The van der Waals surface area contributed by atoms with Gasteiger partial charge in [-0.1, -0.05) is 18.2 Å². The van der Waals surface area contributed by atoms with Gasteiger partial charge in [-0.15, -0.1) is 0 Å². The summed E-state index contributed by atoms with van der Waals surface area (Å²) in [6.07, 6.45) is 1.45. The van der Waals surface area contributed by atoms with Gasteiger partial charge in [-0.25, -0.2) is 0 Å². The molecule has 0 bridgehead atoms. The molecule has 1 aromatic heterocycles. The maximum atomic E-state index is 12.7. The first-order chi connectivity index (χ1) is 13.5. The molecule has 2 aromatic carbocycles. The molecule has 4 rings (SSSR count). The number of fused-ring (bicyclic) bond motifs is 1. The van der Waals surface area contributed by atoms with Crippen LogP contribution in [0.25, 0.3) is 0 Å². The minimum Gasteiger partial charge on any atom is -0.467 e. The number of amides is 2. The lowest BCUT2D eigenvalue weighted by Gasteiger charge is -2.11. The molecule has 0 N–H and O–H groups in total. The zero-order chi connectivity index (χ0) is 19.8. The fourth-order valence-electron chi connectivity index (χ4n) is 3.06. The summed E-state index contributed by atoms with van der Waals surface area (Å²) in [4.78, 5) is 49.2. The molecule has 0 aliphatic carbocycles. The topological polar surface area (TPSA) is 111 Å². The Kier molecular flexibility index (Phi) is 4.08. The lowest BCUT2D eigenvalue weighted by atomic mass is 9.99. The molecule has 0 fully saturated rings. The van der Waals surface area contributed by atoms with Crippen molar-refractivity contribution < 1.29 is 23.7 Å². The molecule has 28 heavy (non-hydrogen) atoms. The Bertz CT molecular complexity index is 1130. The van der Waals surface area contributed by atoms with Gasteiger partial charge in [0.2, 0.25) is 0 Å². The molecule has 0 saturated heterocycles. The summed E-state index contributed by atoms with van der Waals surface area (Å²) in [5.41, 5.74) is 0.404. The van der Waals surface area contributed by atoms with Gasteiger partial charge >= 0.3 is 0 Å². The van der Waals surface area contributed by atoms with E-state index in [2.05, 4.69) is 0 Å². The van der Waals surface area contributed by atoms with Crippen LogP contribution in [0.4, 0.5) is 5.69 Å². The number of furan rings is 1. The van der Waals surface area contributed by atoms with Crippen molar-refractivity contribution in [3.8, 4) is 0 Å². The number of imide groups is 1. The minimum atomic E-state index is -0.589. The van der Waals surface area contributed by atoms with E-state index >= 15 is 0 Å². The summed E-state index contributed by atoms with van der Waals surface area (Å²) in [5.74, 6) is -1.01. The van der Waals surface area contributed by atoms with E-state index in [1.165, 1.54) is 48.7 Å². The van der Waals surface area contributed by atoms with Crippen LogP contribution in [0.15, 0.2) is 65.3 Å². The summed E-state index contributed by atoms with van der Waals surface area (Å²) in [6.45, 7) is -0.00644. The number of hydrogen-bond donors (Lipinski definition) is 0. The van der Waals surface area contributed by atoms with Crippen LogP contribution >= 0.6 is 0 Å². The van der Waals surface area contributed by atoms with E-state index < -0.39 is 22.5 Å². The van der Waals surface area contributed by atoms with Crippen molar-refractivity contribution in [3.05, 3.63) is 99.0 Å². The molecular weight excluding hydrogens is 364 g/mol. The number of nitro groups is 1. The maximum absolute atomic E-state index is 12.7. The molecule has 0 atom stereocenters. The van der Waals surface area contributed by atoms with Gasteiger partial charge in [0.05, 0.1) is 28.9 Å². The fraction of sp³-hybridized carbons (Fsp3) is 0.0500. The highest BCUT2D eigenvalue weighted by atomic mass is 16.6. The first kappa shape index (κ1) is 17.3. The van der Waals surface area contributed by atoms with Crippen molar-refractivity contribution in [2.24, 2.45) is 0 Å². The monoisotopic (exact) mass is 376 g/mol. The predicted molar refractivity (Wildman–Crippen MR) is 95.9 cm³/mol. The predicted octanol–water partition coefficient (Wildman–Crippen LogP) is 3.22. The fourth-order valence-corrected chi connectivity index (χ4v) is 3.06. The van der Waals surface area contributed by atoms with Gasteiger partial charge in [-0.05, 0) is 24.3 Å². The Morgan fingerprint density at radius 2 is 1.71 bits per heavy atom. The van der Waals surface area contributed by atoms with Crippen LogP contribution < -0.4 is 0 Å². The molecule has 8 nitrogen and oxygen atoms in total. The number of benzene rings is 2. The second-order valence-electron chi connectivity index (χ2n) is 6.17. The van der Waals surface area contributed by atoms with Crippen LogP contribution in [0.3, 0.4) is 0 Å². The molecule has 138 valence electrons. The van der Waals surface area contributed by atoms with Gasteiger partial charge in [0, 0.05) is 23.3 Å². The number of carbonyl (C=O) groups excluding carboxylic acids is 3. The van der Waals surface area contributed by atoms with E-state index in [1.54, 1.807) is 12.1 Å². The molecule has 2 amide bonds. The van der Waals surface area contributed by atoms with E-state index in [9.17, 15) is 24.5 Å². The van der Waals surface area contributed by atoms with E-state index in [4.69, 9.17) is 4.42 Å². The third-order valence-electron chi connectivity index (χ3n) is 4.45. The molecule has 2 heterocycles. The van der Waals surface area contributed by atoms with E-state index in [1.807, 2.05) is 0 Å². The normalized spacial score (nSPS) is 12.9. The summed E-state index contributed by atoms with van der Waals surface area (Å²) >= 11 is 0. The SMILES string of the molecule is O=C(c1cccc([N+](=O)[O-])c1)c1ccc2c(c1)C(=O)N(Cc1ccco1)C2=O. The summed E-state index contributed by atoms with van der Waals surface area (Å²) in [6, 6.07) is 12.8. The lowest BCUT2D eigenvalue weighted by molar-refractivity contribution is -0.384. The summed E-state index contributed by atoms with van der Waals surface area (Å²) in [5, 5.41) is 10.9. The molecule has 1 aliphatic heterocycles. The Morgan fingerprint density at radius 3 is 2.43 bits per heavy atom. The van der Waals surface area contributed by atoms with Crippen LogP contribution in [0, 0.1) is 10.1 Å². The first-order valence-corrected chi connectivity index (χ1v) is 8.27. The maximum Gasteiger partial charge on any atom is 0.270 e. The zero-order valence-corrected chi connectivity index (χ0v) is 14.3. The van der Waals surface area contributed by atoms with Gasteiger partial charge < -0.3 is 4.42 Å². The zero-order valence-electron chi connectivity index (χ0n) is 14.3. The molecule has 0 radical (unpaired) electrons. The minimum absolute atomic E-state index is 0.00644. The second kappa shape index (κ2) is 6.58. The number of carbonyl (C=O) groups is 3. The molecular formula is C20H12N2O6. The van der Waals surface area contributed by atoms with E-state index in [-0.39, 0.29) is 34.5 Å². The van der Waals surface area contributed by atoms with Crippen molar-refractivity contribution in [3.63, 3.8) is 0 Å². The van der Waals surface area contributed by atoms with E-state index in [0.29, 0.717) is 5.76 Å². The van der Waals surface area contributed by atoms with Gasteiger partial charge in [-0.2, -0.15) is 0 Å². The van der Waals surface area contributed by atoms with Crippen molar-refractivity contribution in [2.75, 3.05) is 0 Å². The summed E-state index contributed by atoms with van der Waals surface area (Å²) in [7, 11) is 0. The molecule has 3 aromatic rings. The highest BCUT2D eigenvalue weighted by molar-refractivity contribution is 6.22. The van der Waals surface area contributed by atoms with Crippen molar-refractivity contribution in [2.45, 2.75) is 6.54 Å². The lowest BCUT2D eigenvalue weighted by Crippen LogP contribution is -2.28. The Balaban J connectivity index is 1.65. The summed E-state index contributed by atoms with van der Waals surface area (Å²) < 4.78 is 5.19. The molecule has 0 spiro atoms. The number of rotatable bonds is 5. The molecule has 1 aliphatic rings. The number of non-ortho nitro benzene ring substituents is 1. The number of hydrogen-bond acceptors (Lipinski definition) is 6. The smallest absolute Gasteiger partial charge is 0.270 e. The number of ketones is 1. The van der Waals surface area contributed by atoms with Crippen molar-refractivity contribution >= 4 is 23.3 Å². The van der Waals surface area contributed by atoms with Crippen LogP contribution in [-0.4, -0.2) is 27.4 Å².